The van der Waals surface area contributed by atoms with E-state index < -0.39 is 21.7 Å². The molecule has 1 aromatic carbocycles. The molecule has 2 aromatic rings. The van der Waals surface area contributed by atoms with Crippen LogP contribution in [0.4, 0.5) is 15.9 Å². The summed E-state index contributed by atoms with van der Waals surface area (Å²) in [5.74, 6) is -1.02. The van der Waals surface area contributed by atoms with E-state index in [0.29, 0.717) is 11.3 Å². The van der Waals surface area contributed by atoms with E-state index in [1.54, 1.807) is 12.1 Å². The first-order valence-corrected chi connectivity index (χ1v) is 8.06. The number of rotatable bonds is 3. The lowest BCUT2D eigenvalue weighted by Crippen LogP contribution is -2.43. The zero-order chi connectivity index (χ0) is 15.7. The quantitative estimate of drug-likeness (QED) is 0.929. The minimum Gasteiger partial charge on any atom is -0.321 e. The van der Waals surface area contributed by atoms with E-state index in [0.717, 1.165) is 4.31 Å². The summed E-state index contributed by atoms with van der Waals surface area (Å²) in [7, 11) is -3.81. The summed E-state index contributed by atoms with van der Waals surface area (Å²) in [4.78, 5) is 15.7. The zero-order valence-corrected chi connectivity index (χ0v) is 12.2. The fourth-order valence-electron chi connectivity index (χ4n) is 2.19. The van der Waals surface area contributed by atoms with E-state index in [9.17, 15) is 17.6 Å². The predicted octanol–water partition coefficient (Wildman–Crippen LogP) is 1.51. The van der Waals surface area contributed by atoms with Crippen molar-refractivity contribution in [1.82, 2.24) is 4.98 Å². The number of fused-ring (bicyclic) bond motifs is 1. The van der Waals surface area contributed by atoms with E-state index in [-0.39, 0.29) is 18.1 Å². The number of nitrogens with zero attached hydrogens (tertiary/aromatic N) is 2. The molecule has 0 aliphatic carbocycles. The smallest absolute Gasteiger partial charge is 0.245 e. The molecule has 0 radical (unpaired) electrons. The topological polar surface area (TPSA) is 79.4 Å². The van der Waals surface area contributed by atoms with E-state index in [4.69, 9.17) is 0 Å². The number of aromatic nitrogens is 1. The maximum atomic E-state index is 12.9. The average Bonchev–Trinajstić information content (AvgIpc) is 2.48. The summed E-state index contributed by atoms with van der Waals surface area (Å²) in [5, 5.41) is 2.58. The molecule has 1 aliphatic heterocycles. The van der Waals surface area contributed by atoms with Gasteiger partial charge in [-0.1, -0.05) is 12.1 Å². The SMILES string of the molecule is O=C1CN(S(=O)(=O)Cc2ccc(F)cc2)c2ncccc2N1. The third-order valence-corrected chi connectivity index (χ3v) is 4.85. The summed E-state index contributed by atoms with van der Waals surface area (Å²) in [5.41, 5.74) is 0.784. The number of sulfonamides is 1. The number of benzene rings is 1. The van der Waals surface area contributed by atoms with Crippen LogP contribution in [0.1, 0.15) is 5.56 Å². The Morgan fingerprint density at radius 2 is 1.95 bits per heavy atom. The van der Waals surface area contributed by atoms with E-state index >= 15 is 0 Å². The third-order valence-electron chi connectivity index (χ3n) is 3.18. The average molecular weight is 321 g/mol. The number of halogens is 1. The van der Waals surface area contributed by atoms with Crippen LogP contribution in [-0.2, 0) is 20.6 Å². The highest BCUT2D eigenvalue weighted by Gasteiger charge is 2.32. The van der Waals surface area contributed by atoms with Gasteiger partial charge in [-0.15, -0.1) is 0 Å². The van der Waals surface area contributed by atoms with Crippen molar-refractivity contribution in [3.8, 4) is 0 Å². The highest BCUT2D eigenvalue weighted by Crippen LogP contribution is 2.29. The normalized spacial score (nSPS) is 14.4. The number of pyridine rings is 1. The highest BCUT2D eigenvalue weighted by molar-refractivity contribution is 7.92. The van der Waals surface area contributed by atoms with Crippen LogP contribution in [0, 0.1) is 5.82 Å². The van der Waals surface area contributed by atoms with Gasteiger partial charge in [0.05, 0.1) is 11.4 Å². The highest BCUT2D eigenvalue weighted by atomic mass is 32.2. The van der Waals surface area contributed by atoms with Gasteiger partial charge >= 0.3 is 0 Å². The van der Waals surface area contributed by atoms with Gasteiger partial charge < -0.3 is 5.32 Å². The second-order valence-electron chi connectivity index (χ2n) is 4.81. The van der Waals surface area contributed by atoms with Gasteiger partial charge in [0.15, 0.2) is 5.82 Å². The van der Waals surface area contributed by atoms with Gasteiger partial charge in [-0.05, 0) is 29.8 Å². The molecule has 22 heavy (non-hydrogen) atoms. The van der Waals surface area contributed by atoms with Crippen molar-refractivity contribution < 1.29 is 17.6 Å². The molecular formula is C14H12FN3O3S. The van der Waals surface area contributed by atoms with E-state index in [1.807, 2.05) is 0 Å². The minimum atomic E-state index is -3.81. The third kappa shape index (κ3) is 2.77. The summed E-state index contributed by atoms with van der Waals surface area (Å²) in [6.07, 6.45) is 1.46. The first-order chi connectivity index (χ1) is 10.5. The lowest BCUT2D eigenvalue weighted by Gasteiger charge is -2.28. The Morgan fingerprint density at radius 1 is 1.23 bits per heavy atom. The van der Waals surface area contributed by atoms with Gasteiger partial charge in [0, 0.05) is 6.20 Å². The first kappa shape index (κ1) is 14.5. The largest absolute Gasteiger partial charge is 0.321 e. The molecule has 1 amide bonds. The van der Waals surface area contributed by atoms with E-state index in [2.05, 4.69) is 10.3 Å². The molecule has 0 spiro atoms. The standard InChI is InChI=1S/C14H12FN3O3S/c15-11-5-3-10(4-6-11)9-22(20,21)18-8-13(19)17-12-2-1-7-16-14(12)18/h1-7H,8-9H2,(H,17,19). The van der Waals surface area contributed by atoms with Crippen molar-refractivity contribution in [3.63, 3.8) is 0 Å². The Hall–Kier alpha value is -2.48. The molecule has 0 saturated carbocycles. The molecule has 0 bridgehead atoms. The Bertz CT molecular complexity index is 821. The van der Waals surface area contributed by atoms with Gasteiger partial charge in [0.25, 0.3) is 0 Å². The van der Waals surface area contributed by atoms with Crippen molar-refractivity contribution in [2.75, 3.05) is 16.2 Å². The molecule has 2 heterocycles. The van der Waals surface area contributed by atoms with Crippen LogP contribution in [0.2, 0.25) is 0 Å². The molecule has 1 N–H and O–H groups in total. The van der Waals surface area contributed by atoms with Crippen LogP contribution in [0.15, 0.2) is 42.6 Å². The van der Waals surface area contributed by atoms with Crippen molar-refractivity contribution in [3.05, 3.63) is 54.0 Å². The van der Waals surface area contributed by atoms with Crippen molar-refractivity contribution >= 4 is 27.4 Å². The number of carbonyl (C=O) groups excluding carboxylic acids is 1. The van der Waals surface area contributed by atoms with Crippen molar-refractivity contribution in [2.24, 2.45) is 0 Å². The molecule has 6 nitrogen and oxygen atoms in total. The summed E-state index contributed by atoms with van der Waals surface area (Å²) < 4.78 is 39.0. The van der Waals surface area contributed by atoms with Crippen molar-refractivity contribution in [1.29, 1.82) is 0 Å². The number of carbonyl (C=O) groups is 1. The van der Waals surface area contributed by atoms with Crippen LogP contribution < -0.4 is 9.62 Å². The Balaban J connectivity index is 1.95. The molecular weight excluding hydrogens is 309 g/mol. The molecule has 3 rings (SSSR count). The maximum Gasteiger partial charge on any atom is 0.245 e. The number of anilines is 2. The van der Waals surface area contributed by atoms with Crippen molar-refractivity contribution in [2.45, 2.75) is 5.75 Å². The van der Waals surface area contributed by atoms with Crippen LogP contribution >= 0.6 is 0 Å². The molecule has 1 aromatic heterocycles. The first-order valence-electron chi connectivity index (χ1n) is 6.45. The van der Waals surface area contributed by atoms with Crippen LogP contribution in [0.5, 0.6) is 0 Å². The number of hydrogen-bond donors (Lipinski definition) is 1. The van der Waals surface area contributed by atoms with Gasteiger partial charge in [-0.3, -0.25) is 4.79 Å². The number of hydrogen-bond acceptors (Lipinski definition) is 4. The monoisotopic (exact) mass is 321 g/mol. The Morgan fingerprint density at radius 3 is 2.68 bits per heavy atom. The summed E-state index contributed by atoms with van der Waals surface area (Å²) in [6.45, 7) is -0.326. The maximum absolute atomic E-state index is 12.9. The van der Waals surface area contributed by atoms with Crippen LogP contribution in [-0.4, -0.2) is 25.9 Å². The molecule has 0 fully saturated rings. The van der Waals surface area contributed by atoms with Gasteiger partial charge in [-0.25, -0.2) is 22.1 Å². The van der Waals surface area contributed by atoms with Gasteiger partial charge in [0.1, 0.15) is 12.4 Å². The van der Waals surface area contributed by atoms with E-state index in [1.165, 1.54) is 30.5 Å². The fraction of sp³-hybridized carbons (Fsp3) is 0.143. The second kappa shape index (κ2) is 5.38. The minimum absolute atomic E-state index is 0.184. The fourth-order valence-corrected chi connectivity index (χ4v) is 3.68. The lowest BCUT2D eigenvalue weighted by molar-refractivity contribution is -0.115. The number of nitrogens with one attached hydrogen (secondary N) is 1. The lowest BCUT2D eigenvalue weighted by atomic mass is 10.2. The summed E-state index contributed by atoms with van der Waals surface area (Å²) >= 11 is 0. The Kier molecular flexibility index (Phi) is 3.53. The van der Waals surface area contributed by atoms with Gasteiger partial charge in [-0.2, -0.15) is 0 Å². The Labute approximate surface area is 126 Å². The molecule has 114 valence electrons. The molecule has 8 heteroatoms. The predicted molar refractivity (Wildman–Crippen MR) is 79.2 cm³/mol. The molecule has 0 saturated heterocycles. The number of amides is 1. The summed E-state index contributed by atoms with van der Waals surface area (Å²) in [6, 6.07) is 8.38. The zero-order valence-electron chi connectivity index (χ0n) is 11.4. The van der Waals surface area contributed by atoms with Crippen LogP contribution in [0.3, 0.4) is 0 Å². The molecule has 1 aliphatic rings. The van der Waals surface area contributed by atoms with Crippen LogP contribution in [0.25, 0.3) is 0 Å². The molecule has 0 unspecified atom stereocenters. The second-order valence-corrected chi connectivity index (χ2v) is 6.71. The van der Waals surface area contributed by atoms with Gasteiger partial charge in [0.2, 0.25) is 15.9 Å². The molecule has 0 atom stereocenters.